The normalized spacial score (nSPS) is 19.1. The second-order valence-electron chi connectivity index (χ2n) is 5.50. The van der Waals surface area contributed by atoms with Crippen LogP contribution in [0.3, 0.4) is 0 Å². The van der Waals surface area contributed by atoms with E-state index in [1.807, 2.05) is 0 Å². The molecule has 7 nitrogen and oxygen atoms in total. The molecule has 1 atom stereocenters. The SMILES string of the molecule is COc1cccc(OCC(=O)NC2CCCN(S(C)(=O)=O)C2)c1. The second kappa shape index (κ2) is 7.65. The summed E-state index contributed by atoms with van der Waals surface area (Å²) in [6.45, 7) is 0.692. The summed E-state index contributed by atoms with van der Waals surface area (Å²) in [5.41, 5.74) is 0. The van der Waals surface area contributed by atoms with Gasteiger partial charge in [0.2, 0.25) is 10.0 Å². The lowest BCUT2D eigenvalue weighted by atomic mass is 10.1. The Labute approximate surface area is 136 Å². The summed E-state index contributed by atoms with van der Waals surface area (Å²) in [5, 5.41) is 2.82. The zero-order valence-corrected chi connectivity index (χ0v) is 14.1. The molecule has 8 heteroatoms. The number of carbonyl (C=O) groups excluding carboxylic acids is 1. The largest absolute Gasteiger partial charge is 0.497 e. The molecule has 0 aliphatic carbocycles. The molecule has 1 N–H and O–H groups in total. The molecule has 1 saturated heterocycles. The monoisotopic (exact) mass is 342 g/mol. The molecule has 2 rings (SSSR count). The van der Waals surface area contributed by atoms with Gasteiger partial charge in [0, 0.05) is 25.2 Å². The lowest BCUT2D eigenvalue weighted by molar-refractivity contribution is -0.124. The Morgan fingerprint density at radius 3 is 2.83 bits per heavy atom. The number of piperidine rings is 1. The molecule has 1 amide bonds. The molecule has 23 heavy (non-hydrogen) atoms. The first-order chi connectivity index (χ1) is 10.9. The van der Waals surface area contributed by atoms with Gasteiger partial charge in [0.25, 0.3) is 5.91 Å². The number of amides is 1. The van der Waals surface area contributed by atoms with Crippen molar-refractivity contribution in [3.63, 3.8) is 0 Å². The van der Waals surface area contributed by atoms with E-state index in [2.05, 4.69) is 5.32 Å². The topological polar surface area (TPSA) is 84.9 Å². The number of hydrogen-bond acceptors (Lipinski definition) is 5. The van der Waals surface area contributed by atoms with Crippen LogP contribution in [0, 0.1) is 0 Å². The average Bonchev–Trinajstić information content (AvgIpc) is 2.52. The van der Waals surface area contributed by atoms with Crippen molar-refractivity contribution in [2.75, 3.05) is 33.1 Å². The molecule has 0 bridgehead atoms. The quantitative estimate of drug-likeness (QED) is 0.819. The van der Waals surface area contributed by atoms with E-state index in [-0.39, 0.29) is 18.6 Å². The number of sulfonamides is 1. The van der Waals surface area contributed by atoms with Crippen LogP contribution in [0.5, 0.6) is 11.5 Å². The Morgan fingerprint density at radius 1 is 1.39 bits per heavy atom. The summed E-state index contributed by atoms with van der Waals surface area (Å²) in [7, 11) is -1.66. The van der Waals surface area contributed by atoms with Crippen molar-refractivity contribution in [2.45, 2.75) is 18.9 Å². The number of ether oxygens (including phenoxy) is 2. The summed E-state index contributed by atoms with van der Waals surface area (Å²) in [6.07, 6.45) is 2.68. The molecule has 1 fully saturated rings. The van der Waals surface area contributed by atoms with E-state index in [0.29, 0.717) is 24.6 Å². The van der Waals surface area contributed by atoms with E-state index in [1.165, 1.54) is 10.6 Å². The predicted molar refractivity (Wildman–Crippen MR) is 86.1 cm³/mol. The van der Waals surface area contributed by atoms with Crippen LogP contribution in [0.2, 0.25) is 0 Å². The van der Waals surface area contributed by atoms with E-state index in [4.69, 9.17) is 9.47 Å². The second-order valence-corrected chi connectivity index (χ2v) is 7.48. The lowest BCUT2D eigenvalue weighted by Gasteiger charge is -2.31. The third kappa shape index (κ3) is 5.40. The van der Waals surface area contributed by atoms with Gasteiger partial charge >= 0.3 is 0 Å². The van der Waals surface area contributed by atoms with Crippen molar-refractivity contribution in [3.8, 4) is 11.5 Å². The number of nitrogens with one attached hydrogen (secondary N) is 1. The highest BCUT2D eigenvalue weighted by Gasteiger charge is 2.26. The first-order valence-corrected chi connectivity index (χ1v) is 9.24. The maximum atomic E-state index is 12.0. The minimum Gasteiger partial charge on any atom is -0.497 e. The van der Waals surface area contributed by atoms with Crippen molar-refractivity contribution in [2.24, 2.45) is 0 Å². The smallest absolute Gasteiger partial charge is 0.258 e. The van der Waals surface area contributed by atoms with E-state index >= 15 is 0 Å². The van der Waals surface area contributed by atoms with Crippen molar-refractivity contribution in [1.82, 2.24) is 9.62 Å². The zero-order chi connectivity index (χ0) is 16.9. The van der Waals surface area contributed by atoms with E-state index in [9.17, 15) is 13.2 Å². The molecular weight excluding hydrogens is 320 g/mol. The van der Waals surface area contributed by atoms with Gasteiger partial charge in [-0.3, -0.25) is 4.79 Å². The molecule has 1 unspecified atom stereocenters. The molecule has 1 heterocycles. The minimum atomic E-state index is -3.22. The maximum absolute atomic E-state index is 12.0. The minimum absolute atomic E-state index is 0.122. The summed E-state index contributed by atoms with van der Waals surface area (Å²) < 4.78 is 35.0. The lowest BCUT2D eigenvalue weighted by Crippen LogP contribution is -2.50. The first-order valence-electron chi connectivity index (χ1n) is 7.40. The van der Waals surface area contributed by atoms with E-state index < -0.39 is 10.0 Å². The summed E-state index contributed by atoms with van der Waals surface area (Å²) >= 11 is 0. The van der Waals surface area contributed by atoms with Crippen molar-refractivity contribution >= 4 is 15.9 Å². The summed E-state index contributed by atoms with van der Waals surface area (Å²) in [5.74, 6) is 0.924. The Bertz CT molecular complexity index is 647. The molecule has 1 aromatic rings. The number of hydrogen-bond donors (Lipinski definition) is 1. The fourth-order valence-corrected chi connectivity index (χ4v) is 3.38. The van der Waals surface area contributed by atoms with Crippen LogP contribution >= 0.6 is 0 Å². The summed E-state index contributed by atoms with van der Waals surface area (Å²) in [4.78, 5) is 12.0. The molecule has 0 spiro atoms. The molecular formula is C15H22N2O5S. The maximum Gasteiger partial charge on any atom is 0.258 e. The molecule has 1 aliphatic rings. The number of nitrogens with zero attached hydrogens (tertiary/aromatic N) is 1. The number of methoxy groups -OCH3 is 1. The number of rotatable bonds is 6. The Kier molecular flexibility index (Phi) is 5.84. The fourth-order valence-electron chi connectivity index (χ4n) is 2.47. The third-order valence-electron chi connectivity index (χ3n) is 3.63. The van der Waals surface area contributed by atoms with E-state index in [1.54, 1.807) is 31.4 Å². The predicted octanol–water partition coefficient (Wildman–Crippen LogP) is 0.614. The molecule has 0 radical (unpaired) electrons. The Morgan fingerprint density at radius 2 is 2.13 bits per heavy atom. The molecule has 0 aromatic heterocycles. The highest BCUT2D eigenvalue weighted by molar-refractivity contribution is 7.88. The molecule has 0 saturated carbocycles. The van der Waals surface area contributed by atoms with Gasteiger partial charge in [-0.1, -0.05) is 6.07 Å². The fraction of sp³-hybridized carbons (Fsp3) is 0.533. The summed E-state index contributed by atoms with van der Waals surface area (Å²) in [6, 6.07) is 6.81. The van der Waals surface area contributed by atoms with Gasteiger partial charge in [-0.05, 0) is 25.0 Å². The first kappa shape index (κ1) is 17.6. The van der Waals surface area contributed by atoms with Gasteiger partial charge in [0.05, 0.1) is 13.4 Å². The number of benzene rings is 1. The Balaban J connectivity index is 1.82. The van der Waals surface area contributed by atoms with Crippen LogP contribution in [-0.4, -0.2) is 57.7 Å². The number of carbonyl (C=O) groups is 1. The van der Waals surface area contributed by atoms with E-state index in [0.717, 1.165) is 12.8 Å². The third-order valence-corrected chi connectivity index (χ3v) is 4.90. The molecule has 1 aromatic carbocycles. The Hall–Kier alpha value is -1.80. The average molecular weight is 342 g/mol. The molecule has 1 aliphatic heterocycles. The van der Waals surface area contributed by atoms with Gasteiger partial charge < -0.3 is 14.8 Å². The van der Waals surface area contributed by atoms with Gasteiger partial charge in [0.15, 0.2) is 6.61 Å². The van der Waals surface area contributed by atoms with Gasteiger partial charge in [-0.25, -0.2) is 12.7 Å². The zero-order valence-electron chi connectivity index (χ0n) is 13.3. The van der Waals surface area contributed by atoms with Crippen LogP contribution in [-0.2, 0) is 14.8 Å². The van der Waals surface area contributed by atoms with Crippen LogP contribution in [0.4, 0.5) is 0 Å². The standard InChI is InChI=1S/C15H22N2O5S/c1-21-13-6-3-7-14(9-13)22-11-15(18)16-12-5-4-8-17(10-12)23(2,19)20/h3,6-7,9,12H,4-5,8,10-11H2,1-2H3,(H,16,18). The van der Waals surface area contributed by atoms with Gasteiger partial charge in [-0.15, -0.1) is 0 Å². The van der Waals surface area contributed by atoms with Crippen molar-refractivity contribution < 1.29 is 22.7 Å². The van der Waals surface area contributed by atoms with Crippen LogP contribution in [0.15, 0.2) is 24.3 Å². The molecule has 128 valence electrons. The van der Waals surface area contributed by atoms with Gasteiger partial charge in [-0.2, -0.15) is 0 Å². The highest BCUT2D eigenvalue weighted by Crippen LogP contribution is 2.18. The van der Waals surface area contributed by atoms with Crippen LogP contribution in [0.25, 0.3) is 0 Å². The highest BCUT2D eigenvalue weighted by atomic mass is 32.2. The van der Waals surface area contributed by atoms with Gasteiger partial charge in [0.1, 0.15) is 11.5 Å². The van der Waals surface area contributed by atoms with Crippen LogP contribution < -0.4 is 14.8 Å². The van der Waals surface area contributed by atoms with Crippen molar-refractivity contribution in [3.05, 3.63) is 24.3 Å². The van der Waals surface area contributed by atoms with Crippen molar-refractivity contribution in [1.29, 1.82) is 0 Å². The van der Waals surface area contributed by atoms with Crippen LogP contribution in [0.1, 0.15) is 12.8 Å².